The Morgan fingerprint density at radius 3 is 2.44 bits per heavy atom. The minimum Gasteiger partial charge on any atom is -0.379 e. The average molecular weight is 378 g/mol. The van der Waals surface area contributed by atoms with Crippen LogP contribution in [0.4, 0.5) is 10.1 Å². The molecule has 2 heterocycles. The van der Waals surface area contributed by atoms with Crippen LogP contribution in [0.3, 0.4) is 0 Å². The van der Waals surface area contributed by atoms with Crippen molar-refractivity contribution in [3.05, 3.63) is 30.1 Å². The van der Waals surface area contributed by atoms with Gasteiger partial charge in [-0.2, -0.15) is 0 Å². The third kappa shape index (κ3) is 6.07. The van der Waals surface area contributed by atoms with Crippen LogP contribution in [0.25, 0.3) is 0 Å². The molecule has 2 fully saturated rings. The monoisotopic (exact) mass is 377 g/mol. The standard InChI is InChI=1S/C20H32FN5O/c1-2-22-20(23-8-3-9-24-14-16-27-17-15-24)26-12-10-25(11-13-26)19-6-4-18(21)5-7-19/h4-7H,2-3,8-17H2,1H3,(H,22,23). The van der Waals surface area contributed by atoms with E-state index >= 15 is 0 Å². The molecule has 27 heavy (non-hydrogen) atoms. The van der Waals surface area contributed by atoms with Crippen LogP contribution < -0.4 is 10.2 Å². The van der Waals surface area contributed by atoms with Crippen LogP contribution in [-0.2, 0) is 4.74 Å². The maximum Gasteiger partial charge on any atom is 0.194 e. The smallest absolute Gasteiger partial charge is 0.194 e. The summed E-state index contributed by atoms with van der Waals surface area (Å²) in [6.45, 7) is 12.4. The molecule has 1 N–H and O–H groups in total. The van der Waals surface area contributed by atoms with Gasteiger partial charge in [-0.25, -0.2) is 4.39 Å². The quantitative estimate of drug-likeness (QED) is 0.464. The van der Waals surface area contributed by atoms with Crippen LogP contribution in [0.1, 0.15) is 13.3 Å². The number of nitrogens with zero attached hydrogens (tertiary/aromatic N) is 4. The lowest BCUT2D eigenvalue weighted by Gasteiger charge is -2.37. The first kappa shape index (κ1) is 19.9. The van der Waals surface area contributed by atoms with Crippen molar-refractivity contribution in [3.8, 4) is 0 Å². The highest BCUT2D eigenvalue weighted by Gasteiger charge is 2.20. The summed E-state index contributed by atoms with van der Waals surface area (Å²) >= 11 is 0. The van der Waals surface area contributed by atoms with Crippen LogP contribution in [0.2, 0.25) is 0 Å². The molecule has 2 aliphatic rings. The zero-order valence-electron chi connectivity index (χ0n) is 16.4. The molecule has 0 amide bonds. The molecule has 7 heteroatoms. The molecule has 2 saturated heterocycles. The Morgan fingerprint density at radius 2 is 1.78 bits per heavy atom. The van der Waals surface area contributed by atoms with Crippen molar-refractivity contribution in [1.82, 2.24) is 15.1 Å². The Balaban J connectivity index is 1.46. The van der Waals surface area contributed by atoms with E-state index in [9.17, 15) is 4.39 Å². The minimum atomic E-state index is -0.184. The van der Waals surface area contributed by atoms with Gasteiger partial charge in [-0.3, -0.25) is 9.89 Å². The van der Waals surface area contributed by atoms with E-state index in [-0.39, 0.29) is 5.82 Å². The second-order valence-corrected chi connectivity index (χ2v) is 6.99. The summed E-state index contributed by atoms with van der Waals surface area (Å²) in [7, 11) is 0. The molecular weight excluding hydrogens is 345 g/mol. The first-order valence-corrected chi connectivity index (χ1v) is 10.1. The van der Waals surface area contributed by atoms with E-state index < -0.39 is 0 Å². The number of hydrogen-bond donors (Lipinski definition) is 1. The summed E-state index contributed by atoms with van der Waals surface area (Å²) in [6.07, 6.45) is 1.07. The van der Waals surface area contributed by atoms with Crippen molar-refractivity contribution < 1.29 is 9.13 Å². The number of ether oxygens (including phenoxy) is 1. The van der Waals surface area contributed by atoms with Gasteiger partial charge in [-0.15, -0.1) is 0 Å². The van der Waals surface area contributed by atoms with Gasteiger partial charge < -0.3 is 19.9 Å². The molecule has 1 aromatic rings. The Labute approximate surface area is 162 Å². The number of hydrogen-bond acceptors (Lipinski definition) is 4. The number of anilines is 1. The molecule has 0 atom stereocenters. The normalized spacial score (nSPS) is 19.4. The largest absolute Gasteiger partial charge is 0.379 e. The van der Waals surface area contributed by atoms with Gasteiger partial charge in [0, 0.05) is 64.6 Å². The fourth-order valence-electron chi connectivity index (χ4n) is 3.56. The van der Waals surface area contributed by atoms with Gasteiger partial charge in [-0.05, 0) is 37.6 Å². The summed E-state index contributed by atoms with van der Waals surface area (Å²) in [4.78, 5) is 11.9. The number of aliphatic imine (C=N–C) groups is 1. The molecule has 0 aromatic heterocycles. The van der Waals surface area contributed by atoms with E-state index in [1.54, 1.807) is 0 Å². The summed E-state index contributed by atoms with van der Waals surface area (Å²) in [5.74, 6) is 0.828. The summed E-state index contributed by atoms with van der Waals surface area (Å²) in [5.41, 5.74) is 1.09. The van der Waals surface area contributed by atoms with Gasteiger partial charge in [-0.1, -0.05) is 0 Å². The molecule has 0 aliphatic carbocycles. The number of benzene rings is 1. The number of morpholine rings is 1. The van der Waals surface area contributed by atoms with Gasteiger partial charge in [0.1, 0.15) is 5.82 Å². The van der Waals surface area contributed by atoms with Crippen LogP contribution in [0, 0.1) is 5.82 Å². The van der Waals surface area contributed by atoms with Crippen molar-refractivity contribution in [1.29, 1.82) is 0 Å². The lowest BCUT2D eigenvalue weighted by molar-refractivity contribution is 0.0377. The van der Waals surface area contributed by atoms with E-state index in [2.05, 4.69) is 26.9 Å². The molecule has 0 bridgehead atoms. The molecule has 0 radical (unpaired) electrons. The Bertz CT molecular complexity index is 581. The molecule has 0 saturated carbocycles. The number of rotatable bonds is 6. The lowest BCUT2D eigenvalue weighted by atomic mass is 10.2. The van der Waals surface area contributed by atoms with Gasteiger partial charge in [0.15, 0.2) is 5.96 Å². The second-order valence-electron chi connectivity index (χ2n) is 6.99. The fourth-order valence-corrected chi connectivity index (χ4v) is 3.56. The second kappa shape index (κ2) is 10.5. The van der Waals surface area contributed by atoms with E-state index in [4.69, 9.17) is 9.73 Å². The third-order valence-electron chi connectivity index (χ3n) is 5.10. The summed E-state index contributed by atoms with van der Waals surface area (Å²) in [5, 5.41) is 3.43. The highest BCUT2D eigenvalue weighted by molar-refractivity contribution is 5.80. The first-order chi connectivity index (χ1) is 13.3. The van der Waals surface area contributed by atoms with Crippen LogP contribution in [-0.4, -0.2) is 87.9 Å². The highest BCUT2D eigenvalue weighted by Crippen LogP contribution is 2.17. The summed E-state index contributed by atoms with van der Waals surface area (Å²) < 4.78 is 18.5. The molecule has 150 valence electrons. The van der Waals surface area contributed by atoms with E-state index in [0.717, 1.165) is 90.2 Å². The maximum absolute atomic E-state index is 13.1. The van der Waals surface area contributed by atoms with Crippen molar-refractivity contribution in [2.24, 2.45) is 4.99 Å². The van der Waals surface area contributed by atoms with Crippen LogP contribution >= 0.6 is 0 Å². The molecule has 1 aromatic carbocycles. The fraction of sp³-hybridized carbons (Fsp3) is 0.650. The zero-order valence-corrected chi connectivity index (χ0v) is 16.4. The van der Waals surface area contributed by atoms with Crippen molar-refractivity contribution in [2.45, 2.75) is 13.3 Å². The van der Waals surface area contributed by atoms with E-state index in [0.29, 0.717) is 0 Å². The number of halogens is 1. The van der Waals surface area contributed by atoms with Crippen molar-refractivity contribution in [2.75, 3.05) is 77.0 Å². The molecular formula is C20H32FN5O. The Hall–Kier alpha value is -1.86. The van der Waals surface area contributed by atoms with Gasteiger partial charge >= 0.3 is 0 Å². The number of piperazine rings is 1. The van der Waals surface area contributed by atoms with Gasteiger partial charge in [0.25, 0.3) is 0 Å². The van der Waals surface area contributed by atoms with Crippen LogP contribution in [0.15, 0.2) is 29.3 Å². The molecule has 2 aliphatic heterocycles. The maximum atomic E-state index is 13.1. The van der Waals surface area contributed by atoms with E-state index in [1.807, 2.05) is 12.1 Å². The predicted molar refractivity (Wildman–Crippen MR) is 108 cm³/mol. The van der Waals surface area contributed by atoms with Crippen LogP contribution in [0.5, 0.6) is 0 Å². The van der Waals surface area contributed by atoms with Crippen molar-refractivity contribution in [3.63, 3.8) is 0 Å². The van der Waals surface area contributed by atoms with E-state index in [1.165, 1.54) is 12.1 Å². The third-order valence-corrected chi connectivity index (χ3v) is 5.10. The molecule has 0 spiro atoms. The predicted octanol–water partition coefficient (Wildman–Crippen LogP) is 1.64. The molecule has 0 unspecified atom stereocenters. The first-order valence-electron chi connectivity index (χ1n) is 10.1. The summed E-state index contributed by atoms with van der Waals surface area (Å²) in [6, 6.07) is 6.77. The van der Waals surface area contributed by atoms with Gasteiger partial charge in [0.2, 0.25) is 0 Å². The van der Waals surface area contributed by atoms with Gasteiger partial charge in [0.05, 0.1) is 13.2 Å². The Kier molecular flexibility index (Phi) is 7.71. The SMILES string of the molecule is CCNC(=NCCCN1CCOCC1)N1CCN(c2ccc(F)cc2)CC1. The lowest BCUT2D eigenvalue weighted by Crippen LogP contribution is -2.52. The number of nitrogens with one attached hydrogen (secondary N) is 1. The highest BCUT2D eigenvalue weighted by atomic mass is 19.1. The zero-order chi connectivity index (χ0) is 18.9. The van der Waals surface area contributed by atoms with Crippen molar-refractivity contribution >= 4 is 11.6 Å². The molecule has 3 rings (SSSR count). The topological polar surface area (TPSA) is 43.3 Å². The number of guanidine groups is 1. The average Bonchev–Trinajstić information content (AvgIpc) is 2.72. The Morgan fingerprint density at radius 1 is 1.07 bits per heavy atom. The minimum absolute atomic E-state index is 0.184. The molecule has 6 nitrogen and oxygen atoms in total.